The number of aromatic nitrogens is 1. The van der Waals surface area contributed by atoms with Crippen molar-refractivity contribution < 1.29 is 18.0 Å². The molecule has 0 spiro atoms. The van der Waals surface area contributed by atoms with E-state index in [1.807, 2.05) is 29.6 Å². The summed E-state index contributed by atoms with van der Waals surface area (Å²) in [6.45, 7) is 1.44. The Balaban J connectivity index is 1.49. The number of nitrogens with one attached hydrogen (secondary N) is 2. The molecule has 2 aromatic carbocycles. The average Bonchev–Trinajstić information content (AvgIpc) is 3.20. The highest BCUT2D eigenvalue weighted by molar-refractivity contribution is 7.92. The third-order valence-electron chi connectivity index (χ3n) is 5.12. The molecule has 166 valence electrons. The van der Waals surface area contributed by atoms with Crippen LogP contribution >= 0.6 is 11.3 Å². The fourth-order valence-electron chi connectivity index (χ4n) is 3.52. The molecule has 32 heavy (non-hydrogen) atoms. The Morgan fingerprint density at radius 2 is 2.00 bits per heavy atom. The van der Waals surface area contributed by atoms with Gasteiger partial charge in [0.25, 0.3) is 0 Å². The Hall–Kier alpha value is -3.24. The van der Waals surface area contributed by atoms with Crippen LogP contribution in [0.1, 0.15) is 17.5 Å². The Morgan fingerprint density at radius 1 is 1.22 bits per heavy atom. The molecule has 2 amide bonds. The lowest BCUT2D eigenvalue weighted by Crippen LogP contribution is -2.37. The molecule has 10 heteroatoms. The van der Waals surface area contributed by atoms with E-state index in [0.29, 0.717) is 29.4 Å². The van der Waals surface area contributed by atoms with Crippen LogP contribution in [0.15, 0.2) is 47.8 Å². The van der Waals surface area contributed by atoms with Crippen molar-refractivity contribution in [1.82, 2.24) is 4.98 Å². The van der Waals surface area contributed by atoms with Crippen LogP contribution < -0.4 is 14.9 Å². The Bertz CT molecular complexity index is 1300. The number of carbonyl (C=O) groups is 2. The first-order valence-corrected chi connectivity index (χ1v) is 12.7. The highest BCUT2D eigenvalue weighted by atomic mass is 32.2. The normalized spacial score (nSPS) is 13.2. The van der Waals surface area contributed by atoms with E-state index in [1.165, 1.54) is 11.3 Å². The number of aryl methyl sites for hydroxylation is 2. The molecule has 1 aromatic heterocycles. The lowest BCUT2D eigenvalue weighted by molar-refractivity contribution is -0.116. The Morgan fingerprint density at radius 3 is 2.75 bits per heavy atom. The molecule has 4 rings (SSSR count). The second-order valence-electron chi connectivity index (χ2n) is 7.56. The average molecular weight is 471 g/mol. The molecule has 8 nitrogen and oxygen atoms in total. The first kappa shape index (κ1) is 22.0. The van der Waals surface area contributed by atoms with Gasteiger partial charge in [0.2, 0.25) is 21.8 Å². The molecule has 0 saturated carbocycles. The van der Waals surface area contributed by atoms with Gasteiger partial charge in [0.1, 0.15) is 6.54 Å². The number of carbonyl (C=O) groups excluding carboxylic acids is 2. The van der Waals surface area contributed by atoms with Gasteiger partial charge >= 0.3 is 0 Å². The third-order valence-corrected chi connectivity index (χ3v) is 7.00. The molecular weight excluding hydrogens is 448 g/mol. The summed E-state index contributed by atoms with van der Waals surface area (Å²) in [6.07, 6.45) is 2.20. The van der Waals surface area contributed by atoms with E-state index < -0.39 is 15.9 Å². The summed E-state index contributed by atoms with van der Waals surface area (Å²) in [5.41, 5.74) is 4.66. The van der Waals surface area contributed by atoms with Crippen molar-refractivity contribution in [3.8, 4) is 11.3 Å². The maximum Gasteiger partial charge on any atom is 0.246 e. The van der Waals surface area contributed by atoms with Crippen LogP contribution in [0.4, 0.5) is 16.5 Å². The van der Waals surface area contributed by atoms with Crippen LogP contribution in [0, 0.1) is 6.92 Å². The van der Waals surface area contributed by atoms with Gasteiger partial charge in [-0.05, 0) is 42.7 Å². The van der Waals surface area contributed by atoms with Crippen LogP contribution in [0.5, 0.6) is 0 Å². The van der Waals surface area contributed by atoms with Gasteiger partial charge in [-0.25, -0.2) is 13.4 Å². The fraction of sp³-hybridized carbons (Fsp3) is 0.227. The van der Waals surface area contributed by atoms with E-state index in [1.54, 1.807) is 25.1 Å². The lowest BCUT2D eigenvalue weighted by Gasteiger charge is -2.23. The molecule has 0 bridgehead atoms. The number of benzene rings is 2. The van der Waals surface area contributed by atoms with Crippen molar-refractivity contribution in [2.45, 2.75) is 19.8 Å². The van der Waals surface area contributed by atoms with Crippen molar-refractivity contribution in [2.24, 2.45) is 0 Å². The molecule has 0 atom stereocenters. The number of para-hydroxylation sites is 1. The van der Waals surface area contributed by atoms with E-state index in [0.717, 1.165) is 32.9 Å². The number of rotatable bonds is 6. The monoisotopic (exact) mass is 470 g/mol. The number of hydrogen-bond acceptors (Lipinski definition) is 6. The largest absolute Gasteiger partial charge is 0.326 e. The topological polar surface area (TPSA) is 108 Å². The molecule has 0 unspecified atom stereocenters. The quantitative estimate of drug-likeness (QED) is 0.574. The Labute approximate surface area is 190 Å². The number of sulfonamides is 1. The van der Waals surface area contributed by atoms with Crippen molar-refractivity contribution in [1.29, 1.82) is 0 Å². The molecule has 0 fully saturated rings. The first-order valence-electron chi connectivity index (χ1n) is 9.92. The van der Waals surface area contributed by atoms with E-state index in [4.69, 9.17) is 0 Å². The van der Waals surface area contributed by atoms with Crippen molar-refractivity contribution in [2.75, 3.05) is 27.7 Å². The molecule has 0 aliphatic carbocycles. The molecule has 1 aliphatic rings. The number of nitrogens with zero attached hydrogens (tertiary/aromatic N) is 2. The van der Waals surface area contributed by atoms with Crippen LogP contribution in [0.3, 0.4) is 0 Å². The summed E-state index contributed by atoms with van der Waals surface area (Å²) < 4.78 is 25.7. The van der Waals surface area contributed by atoms with Gasteiger partial charge in [0.05, 0.1) is 17.6 Å². The van der Waals surface area contributed by atoms with Crippen LogP contribution in [0.2, 0.25) is 0 Å². The number of fused-ring (bicyclic) bond motifs is 1. The smallest absolute Gasteiger partial charge is 0.246 e. The van der Waals surface area contributed by atoms with Gasteiger partial charge < -0.3 is 10.6 Å². The van der Waals surface area contributed by atoms with Crippen LogP contribution in [-0.4, -0.2) is 38.0 Å². The predicted molar refractivity (Wildman–Crippen MR) is 126 cm³/mol. The maximum atomic E-state index is 12.6. The fourth-order valence-corrected chi connectivity index (χ4v) is 5.17. The zero-order valence-corrected chi connectivity index (χ0v) is 19.2. The summed E-state index contributed by atoms with van der Waals surface area (Å²) in [5.74, 6) is -0.467. The minimum Gasteiger partial charge on any atom is -0.326 e. The second kappa shape index (κ2) is 8.71. The van der Waals surface area contributed by atoms with E-state index in [-0.39, 0.29) is 12.5 Å². The van der Waals surface area contributed by atoms with E-state index >= 15 is 0 Å². The van der Waals surface area contributed by atoms with Crippen molar-refractivity contribution in [3.05, 3.63) is 59.0 Å². The van der Waals surface area contributed by atoms with E-state index in [2.05, 4.69) is 15.6 Å². The summed E-state index contributed by atoms with van der Waals surface area (Å²) in [4.78, 5) is 28.6. The Kier molecular flexibility index (Phi) is 5.98. The van der Waals surface area contributed by atoms with Gasteiger partial charge in [-0.2, -0.15) is 0 Å². The zero-order valence-electron chi connectivity index (χ0n) is 17.6. The predicted octanol–water partition coefficient (Wildman–Crippen LogP) is 3.41. The molecule has 2 N–H and O–H groups in total. The van der Waals surface area contributed by atoms with Crippen LogP contribution in [-0.2, 0) is 26.0 Å². The molecule has 2 heterocycles. The van der Waals surface area contributed by atoms with Gasteiger partial charge in [0.15, 0.2) is 5.13 Å². The highest BCUT2D eigenvalue weighted by Crippen LogP contribution is 2.30. The lowest BCUT2D eigenvalue weighted by atomic mass is 9.99. The van der Waals surface area contributed by atoms with Crippen molar-refractivity contribution in [3.63, 3.8) is 0 Å². The maximum absolute atomic E-state index is 12.6. The van der Waals surface area contributed by atoms with E-state index in [9.17, 15) is 18.0 Å². The molecule has 3 aromatic rings. The summed E-state index contributed by atoms with van der Waals surface area (Å²) >= 11 is 1.26. The van der Waals surface area contributed by atoms with Gasteiger partial charge in [-0.1, -0.05) is 24.3 Å². The highest BCUT2D eigenvalue weighted by Gasteiger charge is 2.23. The molecule has 0 radical (unpaired) electrons. The van der Waals surface area contributed by atoms with Gasteiger partial charge in [0, 0.05) is 23.1 Å². The SMILES string of the molecule is Cc1ccccc1N(CC(=O)Nc1nc(-c2ccc3c(c2)CCC(=O)N3)cs1)S(C)(=O)=O. The molecule has 0 saturated heterocycles. The van der Waals surface area contributed by atoms with Gasteiger partial charge in [-0.15, -0.1) is 11.3 Å². The summed E-state index contributed by atoms with van der Waals surface area (Å²) in [7, 11) is -3.65. The standard InChI is InChI=1S/C22H22N4O4S2/c1-14-5-3-4-6-19(14)26(32(2,29)30)12-21(28)25-22-24-18(13-31-22)16-7-9-17-15(11-16)8-10-20(27)23-17/h3-7,9,11,13H,8,10,12H2,1-2H3,(H,23,27)(H,24,25,28). The van der Waals surface area contributed by atoms with Gasteiger partial charge in [-0.3, -0.25) is 13.9 Å². The minimum atomic E-state index is -3.65. The minimum absolute atomic E-state index is 0.0118. The number of anilines is 3. The number of hydrogen-bond donors (Lipinski definition) is 2. The molecule has 1 aliphatic heterocycles. The summed E-state index contributed by atoms with van der Waals surface area (Å²) in [5, 5.41) is 7.76. The summed E-state index contributed by atoms with van der Waals surface area (Å²) in [6, 6.07) is 12.7. The van der Waals surface area contributed by atoms with Crippen molar-refractivity contribution >= 4 is 49.7 Å². The number of amides is 2. The molecular formula is C22H22N4O4S2. The third kappa shape index (κ3) is 4.81. The second-order valence-corrected chi connectivity index (χ2v) is 10.3. The number of thiazole rings is 1. The zero-order chi connectivity index (χ0) is 22.9. The first-order chi connectivity index (χ1) is 15.2. The van der Waals surface area contributed by atoms with Crippen LogP contribution in [0.25, 0.3) is 11.3 Å².